The number of rotatable bonds is 7. The van der Waals surface area contributed by atoms with Crippen LogP contribution in [-0.2, 0) is 4.79 Å². The third-order valence-corrected chi connectivity index (χ3v) is 5.62. The molecule has 0 saturated carbocycles. The first-order valence-corrected chi connectivity index (χ1v) is 10.2. The molecule has 0 aliphatic rings. The van der Waals surface area contributed by atoms with Crippen LogP contribution < -0.4 is 10.6 Å². The minimum absolute atomic E-state index is 0.115. The SMILES string of the molecule is O=C(CSc1ccc(NC(=O)c2cccs2)cc1)Nc1ccc(O)c(C(=O)O)c1. The highest BCUT2D eigenvalue weighted by molar-refractivity contribution is 8.00. The molecule has 0 atom stereocenters. The first-order valence-electron chi connectivity index (χ1n) is 8.36. The van der Waals surface area contributed by atoms with Crippen LogP contribution >= 0.6 is 23.1 Å². The summed E-state index contributed by atoms with van der Waals surface area (Å²) in [4.78, 5) is 36.6. The molecule has 0 saturated heterocycles. The van der Waals surface area contributed by atoms with Crippen molar-refractivity contribution in [3.63, 3.8) is 0 Å². The van der Waals surface area contributed by atoms with Gasteiger partial charge in [0.25, 0.3) is 5.91 Å². The van der Waals surface area contributed by atoms with Crippen LogP contribution in [0.3, 0.4) is 0 Å². The van der Waals surface area contributed by atoms with Crippen LogP contribution in [0.2, 0.25) is 0 Å². The van der Waals surface area contributed by atoms with Crippen LogP contribution in [0.5, 0.6) is 5.75 Å². The van der Waals surface area contributed by atoms with Crippen LogP contribution in [0, 0.1) is 0 Å². The average Bonchev–Trinajstić information content (AvgIpc) is 3.24. The molecular formula is C20H16N2O5S2. The summed E-state index contributed by atoms with van der Waals surface area (Å²) in [6, 6.07) is 14.5. The van der Waals surface area contributed by atoms with Gasteiger partial charge < -0.3 is 20.8 Å². The third kappa shape index (κ3) is 5.59. The lowest BCUT2D eigenvalue weighted by Crippen LogP contribution is -2.14. The zero-order valence-corrected chi connectivity index (χ0v) is 16.5. The number of aromatic carboxylic acids is 1. The molecule has 1 aromatic heterocycles. The molecule has 0 aliphatic heterocycles. The maximum Gasteiger partial charge on any atom is 0.339 e. The van der Waals surface area contributed by atoms with Gasteiger partial charge in [-0.25, -0.2) is 4.79 Å². The summed E-state index contributed by atoms with van der Waals surface area (Å²) in [6.45, 7) is 0. The largest absolute Gasteiger partial charge is 0.507 e. The van der Waals surface area contributed by atoms with Crippen LogP contribution in [0.25, 0.3) is 0 Å². The zero-order valence-electron chi connectivity index (χ0n) is 14.9. The van der Waals surface area contributed by atoms with Gasteiger partial charge in [0.05, 0.1) is 10.6 Å². The quantitative estimate of drug-likeness (QED) is 0.332. The fraction of sp³-hybridized carbons (Fsp3) is 0.0500. The number of thiophene rings is 1. The number of phenols is 1. The van der Waals surface area contributed by atoms with Gasteiger partial charge in [0.2, 0.25) is 5.91 Å². The smallest absolute Gasteiger partial charge is 0.339 e. The molecule has 0 unspecified atom stereocenters. The van der Waals surface area contributed by atoms with E-state index in [1.165, 1.54) is 41.3 Å². The van der Waals surface area contributed by atoms with Gasteiger partial charge in [0.1, 0.15) is 11.3 Å². The molecule has 2 aromatic carbocycles. The number of aromatic hydroxyl groups is 1. The number of carbonyl (C=O) groups excluding carboxylic acids is 2. The number of amides is 2. The Labute approximate surface area is 174 Å². The lowest BCUT2D eigenvalue weighted by molar-refractivity contribution is -0.113. The van der Waals surface area contributed by atoms with Crippen LogP contribution in [0.4, 0.5) is 11.4 Å². The first-order chi connectivity index (χ1) is 13.9. The van der Waals surface area contributed by atoms with E-state index in [0.717, 1.165) is 4.90 Å². The number of thioether (sulfide) groups is 1. The highest BCUT2D eigenvalue weighted by atomic mass is 32.2. The van der Waals surface area contributed by atoms with Gasteiger partial charge in [-0.3, -0.25) is 9.59 Å². The summed E-state index contributed by atoms with van der Waals surface area (Å²) in [6.07, 6.45) is 0. The first kappa shape index (κ1) is 20.4. The Balaban J connectivity index is 1.52. The van der Waals surface area contributed by atoms with E-state index in [-0.39, 0.29) is 34.6 Å². The molecule has 4 N–H and O–H groups in total. The second kappa shape index (κ2) is 9.26. The Hall–Kier alpha value is -3.30. The monoisotopic (exact) mass is 428 g/mol. The highest BCUT2D eigenvalue weighted by Gasteiger charge is 2.12. The van der Waals surface area contributed by atoms with Gasteiger partial charge in [-0.2, -0.15) is 0 Å². The lowest BCUT2D eigenvalue weighted by atomic mass is 10.2. The summed E-state index contributed by atoms with van der Waals surface area (Å²) in [5.41, 5.74) is 0.663. The Bertz CT molecular complexity index is 1030. The number of carbonyl (C=O) groups is 3. The van der Waals surface area contributed by atoms with Crippen molar-refractivity contribution < 1.29 is 24.6 Å². The summed E-state index contributed by atoms with van der Waals surface area (Å²) in [5, 5.41) is 25.7. The molecule has 3 aromatic rings. The second-order valence-electron chi connectivity index (χ2n) is 5.83. The van der Waals surface area contributed by atoms with Gasteiger partial charge in [-0.15, -0.1) is 23.1 Å². The lowest BCUT2D eigenvalue weighted by Gasteiger charge is -2.08. The van der Waals surface area contributed by atoms with Crippen molar-refractivity contribution in [1.82, 2.24) is 0 Å². The van der Waals surface area contributed by atoms with Gasteiger partial charge in [-0.1, -0.05) is 6.07 Å². The standard InChI is InChI=1S/C20H16N2O5S2/c23-16-8-5-13(10-15(16)20(26)27)21-18(24)11-29-14-6-3-12(4-7-14)22-19(25)17-2-1-9-28-17/h1-10,23H,11H2,(H,21,24)(H,22,25)(H,26,27). The van der Waals surface area contributed by atoms with Crippen molar-refractivity contribution in [2.24, 2.45) is 0 Å². The minimum Gasteiger partial charge on any atom is -0.507 e. The van der Waals surface area contributed by atoms with E-state index in [1.807, 2.05) is 11.4 Å². The Morgan fingerprint density at radius 1 is 0.966 bits per heavy atom. The Morgan fingerprint density at radius 3 is 2.34 bits per heavy atom. The second-order valence-corrected chi connectivity index (χ2v) is 7.83. The number of nitrogens with one attached hydrogen (secondary N) is 2. The van der Waals surface area contributed by atoms with Crippen molar-refractivity contribution in [2.45, 2.75) is 4.90 Å². The number of anilines is 2. The summed E-state index contributed by atoms with van der Waals surface area (Å²) in [5.74, 6) is -2.01. The fourth-order valence-corrected chi connectivity index (χ4v) is 3.68. The molecule has 2 amide bonds. The normalized spacial score (nSPS) is 10.3. The van der Waals surface area contributed by atoms with E-state index in [9.17, 15) is 19.5 Å². The maximum absolute atomic E-state index is 12.1. The molecule has 7 nitrogen and oxygen atoms in total. The fourth-order valence-electron chi connectivity index (χ4n) is 2.37. The third-order valence-electron chi connectivity index (χ3n) is 3.74. The molecule has 0 spiro atoms. The number of benzene rings is 2. The van der Waals surface area contributed by atoms with Crippen molar-refractivity contribution >= 4 is 52.3 Å². The van der Waals surface area contributed by atoms with E-state index in [2.05, 4.69) is 10.6 Å². The average molecular weight is 428 g/mol. The van der Waals surface area contributed by atoms with Gasteiger partial charge in [0, 0.05) is 16.3 Å². The number of hydrogen-bond acceptors (Lipinski definition) is 6. The van der Waals surface area contributed by atoms with Crippen LogP contribution in [0.1, 0.15) is 20.0 Å². The number of hydrogen-bond donors (Lipinski definition) is 4. The van der Waals surface area contributed by atoms with E-state index in [1.54, 1.807) is 30.3 Å². The van der Waals surface area contributed by atoms with Gasteiger partial charge >= 0.3 is 5.97 Å². The molecule has 0 fully saturated rings. The van der Waals surface area contributed by atoms with Crippen molar-refractivity contribution in [3.8, 4) is 5.75 Å². The molecule has 1 heterocycles. The molecule has 0 radical (unpaired) electrons. The van der Waals surface area contributed by atoms with Gasteiger partial charge in [-0.05, 0) is 53.9 Å². The summed E-state index contributed by atoms with van der Waals surface area (Å²) in [7, 11) is 0. The number of carboxylic acids is 1. The number of carboxylic acid groups (broad SMARTS) is 1. The molecule has 3 rings (SSSR count). The molecule has 29 heavy (non-hydrogen) atoms. The highest BCUT2D eigenvalue weighted by Crippen LogP contribution is 2.23. The van der Waals surface area contributed by atoms with Crippen molar-refractivity contribution in [3.05, 3.63) is 70.4 Å². The van der Waals surface area contributed by atoms with E-state index in [0.29, 0.717) is 10.6 Å². The maximum atomic E-state index is 12.1. The van der Waals surface area contributed by atoms with Crippen molar-refractivity contribution in [1.29, 1.82) is 0 Å². The topological polar surface area (TPSA) is 116 Å². The predicted molar refractivity (Wildman–Crippen MR) is 113 cm³/mol. The van der Waals surface area contributed by atoms with Crippen LogP contribution in [0.15, 0.2) is 64.9 Å². The molecule has 0 bridgehead atoms. The van der Waals surface area contributed by atoms with Gasteiger partial charge in [0.15, 0.2) is 0 Å². The summed E-state index contributed by atoms with van der Waals surface area (Å²) < 4.78 is 0. The molecule has 0 aliphatic carbocycles. The van der Waals surface area contributed by atoms with Crippen LogP contribution in [-0.4, -0.2) is 33.7 Å². The zero-order chi connectivity index (χ0) is 20.8. The minimum atomic E-state index is -1.28. The molecular weight excluding hydrogens is 412 g/mol. The van der Waals surface area contributed by atoms with E-state index >= 15 is 0 Å². The summed E-state index contributed by atoms with van der Waals surface area (Å²) >= 11 is 2.66. The predicted octanol–water partition coefficient (Wildman–Crippen LogP) is 4.14. The Kier molecular flexibility index (Phi) is 6.53. The van der Waals surface area contributed by atoms with Crippen molar-refractivity contribution in [2.75, 3.05) is 16.4 Å². The van der Waals surface area contributed by atoms with E-state index < -0.39 is 5.97 Å². The molecule has 9 heteroatoms. The van der Waals surface area contributed by atoms with E-state index in [4.69, 9.17) is 5.11 Å². The molecule has 148 valence electrons. The Morgan fingerprint density at radius 2 is 1.69 bits per heavy atom.